The Morgan fingerprint density at radius 1 is 1.12 bits per heavy atom. The lowest BCUT2D eigenvalue weighted by Crippen LogP contribution is -2.20. The molecule has 0 radical (unpaired) electrons. The molecular weight excluding hydrogens is 309 g/mol. The smallest absolute Gasteiger partial charge is 0.232 e. The molecule has 5 nitrogen and oxygen atoms in total. The lowest BCUT2D eigenvalue weighted by molar-refractivity contribution is 0.147. The molecule has 1 fully saturated rings. The molecule has 0 bridgehead atoms. The number of fused-ring (bicyclic) bond motifs is 1. The van der Waals surface area contributed by atoms with Gasteiger partial charge in [-0.25, -0.2) is 13.9 Å². The number of phenolic OH excluding ortho intramolecular Hbond substituents is 1. The van der Waals surface area contributed by atoms with Crippen molar-refractivity contribution in [2.24, 2.45) is 0 Å². The summed E-state index contributed by atoms with van der Waals surface area (Å²) in [6.07, 6.45) is 7.55. The fraction of sp³-hybridized carbons (Fsp3) is 0.333. The second kappa shape index (κ2) is 6.11. The second-order valence-corrected chi connectivity index (χ2v) is 6.16. The first-order valence-electron chi connectivity index (χ1n) is 8.20. The summed E-state index contributed by atoms with van der Waals surface area (Å²) in [5.74, 6) is -0.0987. The maximum Gasteiger partial charge on any atom is 0.232 e. The van der Waals surface area contributed by atoms with E-state index in [9.17, 15) is 9.50 Å². The highest BCUT2D eigenvalue weighted by Gasteiger charge is 2.16. The van der Waals surface area contributed by atoms with Gasteiger partial charge in [0.2, 0.25) is 5.88 Å². The summed E-state index contributed by atoms with van der Waals surface area (Å²) in [4.78, 5) is 4.28. The highest BCUT2D eigenvalue weighted by Crippen LogP contribution is 2.27. The predicted molar refractivity (Wildman–Crippen MR) is 87.5 cm³/mol. The number of aromatic hydroxyl groups is 1. The van der Waals surface area contributed by atoms with Crippen LogP contribution < -0.4 is 4.74 Å². The molecule has 6 heteroatoms. The van der Waals surface area contributed by atoms with Gasteiger partial charge in [0.25, 0.3) is 0 Å². The van der Waals surface area contributed by atoms with Crippen molar-refractivity contribution in [2.45, 2.75) is 38.2 Å². The molecule has 1 N–H and O–H groups in total. The Morgan fingerprint density at radius 2 is 1.96 bits per heavy atom. The second-order valence-electron chi connectivity index (χ2n) is 6.16. The number of imidazole rings is 1. The molecule has 0 atom stereocenters. The van der Waals surface area contributed by atoms with Gasteiger partial charge in [-0.1, -0.05) is 6.42 Å². The molecule has 3 aromatic rings. The molecule has 0 saturated heterocycles. The number of nitrogens with zero attached hydrogens (tertiary/aromatic N) is 3. The SMILES string of the molecule is Oc1cc(F)cc(-c2cnc3ccc(OC4CCCCC4)nn23)c1. The fourth-order valence-corrected chi connectivity index (χ4v) is 3.19. The zero-order chi connectivity index (χ0) is 16.5. The lowest BCUT2D eigenvalue weighted by Gasteiger charge is -2.22. The summed E-state index contributed by atoms with van der Waals surface area (Å²) >= 11 is 0. The van der Waals surface area contributed by atoms with E-state index < -0.39 is 5.82 Å². The maximum atomic E-state index is 13.6. The van der Waals surface area contributed by atoms with Crippen LogP contribution in [0.2, 0.25) is 0 Å². The molecular formula is C18H18FN3O2. The topological polar surface area (TPSA) is 59.7 Å². The highest BCUT2D eigenvalue weighted by atomic mass is 19.1. The molecule has 0 aliphatic heterocycles. The van der Waals surface area contributed by atoms with Crippen molar-refractivity contribution in [3.05, 3.63) is 42.3 Å². The summed E-state index contributed by atoms with van der Waals surface area (Å²) < 4.78 is 21.2. The van der Waals surface area contributed by atoms with Crippen molar-refractivity contribution in [1.29, 1.82) is 0 Å². The zero-order valence-electron chi connectivity index (χ0n) is 13.2. The van der Waals surface area contributed by atoms with E-state index in [1.807, 2.05) is 12.1 Å². The van der Waals surface area contributed by atoms with Crippen molar-refractivity contribution in [1.82, 2.24) is 14.6 Å². The minimum atomic E-state index is -0.505. The van der Waals surface area contributed by atoms with Gasteiger partial charge >= 0.3 is 0 Å². The maximum absolute atomic E-state index is 13.6. The van der Waals surface area contributed by atoms with Crippen LogP contribution in [0.5, 0.6) is 11.6 Å². The monoisotopic (exact) mass is 327 g/mol. The van der Waals surface area contributed by atoms with Crippen molar-refractivity contribution in [2.75, 3.05) is 0 Å². The number of aromatic nitrogens is 3. The van der Waals surface area contributed by atoms with Gasteiger partial charge < -0.3 is 9.84 Å². The van der Waals surface area contributed by atoms with Gasteiger partial charge in [-0.15, -0.1) is 5.10 Å². The number of hydrogen-bond donors (Lipinski definition) is 1. The van der Waals surface area contributed by atoms with Crippen LogP contribution in [0.1, 0.15) is 32.1 Å². The third kappa shape index (κ3) is 2.91. The van der Waals surface area contributed by atoms with Crippen molar-refractivity contribution >= 4 is 5.65 Å². The van der Waals surface area contributed by atoms with Crippen molar-refractivity contribution in [3.8, 4) is 22.9 Å². The Bertz CT molecular complexity index is 852. The molecule has 1 aliphatic carbocycles. The van der Waals surface area contributed by atoms with Crippen LogP contribution in [0.4, 0.5) is 4.39 Å². The van der Waals surface area contributed by atoms with Gasteiger partial charge in [0.15, 0.2) is 5.65 Å². The first-order valence-corrected chi connectivity index (χ1v) is 8.20. The average Bonchev–Trinajstić information content (AvgIpc) is 2.98. The van der Waals surface area contributed by atoms with Gasteiger partial charge in [-0.3, -0.25) is 0 Å². The van der Waals surface area contributed by atoms with E-state index in [1.54, 1.807) is 10.7 Å². The van der Waals surface area contributed by atoms with E-state index in [-0.39, 0.29) is 11.9 Å². The Kier molecular flexibility index (Phi) is 3.80. The number of halogens is 1. The molecule has 24 heavy (non-hydrogen) atoms. The van der Waals surface area contributed by atoms with Crippen LogP contribution in [-0.4, -0.2) is 25.8 Å². The molecule has 0 unspecified atom stereocenters. The summed E-state index contributed by atoms with van der Waals surface area (Å²) in [5, 5.41) is 14.1. The molecule has 0 spiro atoms. The summed E-state index contributed by atoms with van der Waals surface area (Å²) in [5.41, 5.74) is 1.76. The van der Waals surface area contributed by atoms with E-state index in [4.69, 9.17) is 4.74 Å². The quantitative estimate of drug-likeness (QED) is 0.791. The predicted octanol–water partition coefficient (Wildman–Crippen LogP) is 3.95. The molecule has 0 amide bonds. The van der Waals surface area contributed by atoms with Crippen LogP contribution in [-0.2, 0) is 0 Å². The van der Waals surface area contributed by atoms with E-state index >= 15 is 0 Å². The Hall–Kier alpha value is -2.63. The van der Waals surface area contributed by atoms with Gasteiger partial charge in [-0.2, -0.15) is 0 Å². The zero-order valence-corrected chi connectivity index (χ0v) is 13.2. The number of phenols is 1. The fourth-order valence-electron chi connectivity index (χ4n) is 3.19. The summed E-state index contributed by atoms with van der Waals surface area (Å²) in [6.45, 7) is 0. The molecule has 1 saturated carbocycles. The first-order chi connectivity index (χ1) is 11.7. The molecule has 2 aromatic heterocycles. The number of hydrogen-bond acceptors (Lipinski definition) is 4. The van der Waals surface area contributed by atoms with Crippen LogP contribution >= 0.6 is 0 Å². The Labute approximate surface area is 138 Å². The van der Waals surface area contributed by atoms with Crippen LogP contribution in [0, 0.1) is 5.82 Å². The summed E-state index contributed by atoms with van der Waals surface area (Å²) in [7, 11) is 0. The van der Waals surface area contributed by atoms with Gasteiger partial charge in [0.1, 0.15) is 17.7 Å². The summed E-state index contributed by atoms with van der Waals surface area (Å²) in [6, 6.07) is 7.54. The Morgan fingerprint density at radius 3 is 2.75 bits per heavy atom. The van der Waals surface area contributed by atoms with Gasteiger partial charge in [0, 0.05) is 17.7 Å². The molecule has 1 aromatic carbocycles. The minimum Gasteiger partial charge on any atom is -0.508 e. The van der Waals surface area contributed by atoms with E-state index in [1.165, 1.54) is 31.4 Å². The van der Waals surface area contributed by atoms with Crippen LogP contribution in [0.25, 0.3) is 16.9 Å². The largest absolute Gasteiger partial charge is 0.508 e. The lowest BCUT2D eigenvalue weighted by atomic mass is 9.98. The Balaban J connectivity index is 1.70. The van der Waals surface area contributed by atoms with Crippen molar-refractivity contribution in [3.63, 3.8) is 0 Å². The third-order valence-electron chi connectivity index (χ3n) is 4.36. The van der Waals surface area contributed by atoms with E-state index in [0.29, 0.717) is 22.8 Å². The molecule has 124 valence electrons. The van der Waals surface area contributed by atoms with Crippen LogP contribution in [0.3, 0.4) is 0 Å². The number of ether oxygens (including phenoxy) is 1. The first kappa shape index (κ1) is 14.9. The van der Waals surface area contributed by atoms with Gasteiger partial charge in [-0.05, 0) is 43.9 Å². The van der Waals surface area contributed by atoms with E-state index in [0.717, 1.165) is 18.9 Å². The minimum absolute atomic E-state index is 0.130. The average molecular weight is 327 g/mol. The van der Waals surface area contributed by atoms with E-state index in [2.05, 4.69) is 10.1 Å². The molecule has 1 aliphatic rings. The van der Waals surface area contributed by atoms with Crippen molar-refractivity contribution < 1.29 is 14.2 Å². The molecule has 2 heterocycles. The van der Waals surface area contributed by atoms with Crippen LogP contribution in [0.15, 0.2) is 36.5 Å². The standard InChI is InChI=1S/C18H18FN3O2/c19-13-8-12(9-14(23)10-13)16-11-20-17-6-7-18(21-22(16)17)24-15-4-2-1-3-5-15/h6-11,15,23H,1-5H2. The number of rotatable bonds is 3. The molecule has 4 rings (SSSR count). The van der Waals surface area contributed by atoms with Gasteiger partial charge in [0.05, 0.1) is 11.9 Å². The highest BCUT2D eigenvalue weighted by molar-refractivity contribution is 5.64. The normalized spacial score (nSPS) is 15.7. The number of benzene rings is 1. The third-order valence-corrected chi connectivity index (χ3v) is 4.36.